The molecule has 0 aliphatic carbocycles. The third kappa shape index (κ3) is 3.42. The van der Waals surface area contributed by atoms with Crippen LogP contribution >= 0.6 is 15.9 Å². The van der Waals surface area contributed by atoms with Crippen LogP contribution in [0.2, 0.25) is 0 Å². The van der Waals surface area contributed by atoms with E-state index >= 15 is 0 Å². The largest absolute Gasteiger partial charge is 0.315 e. The lowest BCUT2D eigenvalue weighted by atomic mass is 10.0. The molecule has 0 saturated heterocycles. The first-order valence-electron chi connectivity index (χ1n) is 5.96. The van der Waals surface area contributed by atoms with Crippen LogP contribution in [0.5, 0.6) is 0 Å². The van der Waals surface area contributed by atoms with E-state index in [1.54, 1.807) is 11.9 Å². The maximum absolute atomic E-state index is 12.2. The lowest BCUT2D eigenvalue weighted by Gasteiger charge is -2.19. The fourth-order valence-electron chi connectivity index (χ4n) is 1.79. The van der Waals surface area contributed by atoms with Crippen molar-refractivity contribution in [2.45, 2.75) is 24.9 Å². The number of halogens is 1. The van der Waals surface area contributed by atoms with Gasteiger partial charge in [0.05, 0.1) is 6.42 Å². The molecule has 1 amide bonds. The first-order chi connectivity index (χ1) is 9.06. The van der Waals surface area contributed by atoms with Gasteiger partial charge in [0, 0.05) is 30.0 Å². The maximum Gasteiger partial charge on any atom is 0.231 e. The van der Waals surface area contributed by atoms with E-state index < -0.39 is 5.66 Å². The summed E-state index contributed by atoms with van der Waals surface area (Å²) in [5, 5.41) is 7.96. The highest BCUT2D eigenvalue weighted by molar-refractivity contribution is 9.10. The first kappa shape index (κ1) is 13.8. The Balaban J connectivity index is 1.99. The molecule has 1 aliphatic heterocycles. The molecule has 1 aromatic rings. The summed E-state index contributed by atoms with van der Waals surface area (Å²) in [4.78, 5) is 13.8. The average Bonchev–Trinajstić information content (AvgIpc) is 3.15. The Bertz CT molecular complexity index is 556. The molecule has 4 nitrogen and oxygen atoms in total. The van der Waals surface area contributed by atoms with Crippen molar-refractivity contribution in [3.63, 3.8) is 0 Å². The van der Waals surface area contributed by atoms with Crippen LogP contribution in [-0.2, 0) is 4.79 Å². The highest BCUT2D eigenvalue weighted by Crippen LogP contribution is 2.37. The minimum Gasteiger partial charge on any atom is -0.315 e. The van der Waals surface area contributed by atoms with E-state index in [1.165, 1.54) is 0 Å². The Hall–Kier alpha value is -1.67. The van der Waals surface area contributed by atoms with Crippen LogP contribution in [0.4, 0.5) is 5.69 Å². The second-order valence-corrected chi connectivity index (χ2v) is 5.41. The molecule has 2 rings (SSSR count). The second kappa shape index (κ2) is 5.54. The molecular formula is C14H14BrN3O. The van der Waals surface area contributed by atoms with E-state index in [2.05, 4.69) is 32.1 Å². The van der Waals surface area contributed by atoms with Crippen molar-refractivity contribution in [3.05, 3.63) is 28.7 Å². The molecule has 0 radical (unpaired) electrons. The van der Waals surface area contributed by atoms with Gasteiger partial charge in [0.2, 0.25) is 11.6 Å². The smallest absolute Gasteiger partial charge is 0.231 e. The zero-order valence-corrected chi connectivity index (χ0v) is 12.2. The average molecular weight is 320 g/mol. The molecule has 0 atom stereocenters. The van der Waals surface area contributed by atoms with Crippen molar-refractivity contribution < 1.29 is 4.79 Å². The lowest BCUT2D eigenvalue weighted by Crippen LogP contribution is -2.31. The van der Waals surface area contributed by atoms with Crippen LogP contribution in [0.1, 0.15) is 19.3 Å². The van der Waals surface area contributed by atoms with Crippen LogP contribution in [0.15, 0.2) is 39.0 Å². The van der Waals surface area contributed by atoms with E-state index in [1.807, 2.05) is 24.3 Å². The lowest BCUT2D eigenvalue weighted by molar-refractivity contribution is -0.119. The number of rotatable bonds is 5. The van der Waals surface area contributed by atoms with Crippen LogP contribution in [-0.4, -0.2) is 18.6 Å². The SMILES string of the molecule is C#CCCC1(CC(=O)N(C)c2cccc(Br)c2)N=N1. The van der Waals surface area contributed by atoms with Crippen LogP contribution in [0, 0.1) is 12.3 Å². The van der Waals surface area contributed by atoms with Crippen molar-refractivity contribution in [2.75, 3.05) is 11.9 Å². The number of hydrogen-bond donors (Lipinski definition) is 0. The van der Waals surface area contributed by atoms with Gasteiger partial charge >= 0.3 is 0 Å². The predicted molar refractivity (Wildman–Crippen MR) is 77.8 cm³/mol. The van der Waals surface area contributed by atoms with Gasteiger partial charge in [-0.1, -0.05) is 22.0 Å². The van der Waals surface area contributed by atoms with Gasteiger partial charge in [-0.3, -0.25) is 4.79 Å². The maximum atomic E-state index is 12.2. The Kier molecular flexibility index (Phi) is 4.01. The molecule has 1 aliphatic rings. The predicted octanol–water partition coefficient (Wildman–Crippen LogP) is 3.38. The molecule has 0 saturated carbocycles. The van der Waals surface area contributed by atoms with Gasteiger partial charge in [-0.2, -0.15) is 10.2 Å². The molecule has 1 aromatic carbocycles. The number of hydrogen-bond acceptors (Lipinski definition) is 3. The summed E-state index contributed by atoms with van der Waals surface area (Å²) in [5.74, 6) is 2.54. The summed E-state index contributed by atoms with van der Waals surface area (Å²) in [5.41, 5.74) is 0.274. The fraction of sp³-hybridized carbons (Fsp3) is 0.357. The molecule has 5 heteroatoms. The number of nitrogens with zero attached hydrogens (tertiary/aromatic N) is 3. The summed E-state index contributed by atoms with van der Waals surface area (Å²) in [6.07, 6.45) is 6.73. The van der Waals surface area contributed by atoms with Crippen LogP contribution < -0.4 is 4.90 Å². The molecule has 0 N–H and O–H groups in total. The highest BCUT2D eigenvalue weighted by Gasteiger charge is 2.42. The van der Waals surface area contributed by atoms with Crippen LogP contribution in [0.25, 0.3) is 0 Å². The van der Waals surface area contributed by atoms with Crippen molar-refractivity contribution in [1.82, 2.24) is 0 Å². The summed E-state index contributed by atoms with van der Waals surface area (Å²) in [6, 6.07) is 7.59. The van der Waals surface area contributed by atoms with E-state index in [4.69, 9.17) is 6.42 Å². The Morgan fingerprint density at radius 2 is 2.26 bits per heavy atom. The molecule has 98 valence electrons. The third-order valence-corrected chi connectivity index (χ3v) is 3.55. The van der Waals surface area contributed by atoms with Gasteiger partial charge in [0.25, 0.3) is 0 Å². The molecule has 1 heterocycles. The minimum absolute atomic E-state index is 0.0138. The molecule has 0 bridgehead atoms. The third-order valence-electron chi connectivity index (χ3n) is 3.06. The van der Waals surface area contributed by atoms with Gasteiger partial charge in [-0.15, -0.1) is 12.3 Å². The highest BCUT2D eigenvalue weighted by atomic mass is 79.9. The van der Waals surface area contributed by atoms with Gasteiger partial charge in [-0.25, -0.2) is 0 Å². The van der Waals surface area contributed by atoms with E-state index in [9.17, 15) is 4.79 Å². The Labute approximate surface area is 121 Å². The summed E-state index contributed by atoms with van der Waals surface area (Å²) in [6.45, 7) is 0. The molecule has 0 aromatic heterocycles. The number of carbonyl (C=O) groups excluding carboxylic acids is 1. The number of benzene rings is 1. The van der Waals surface area contributed by atoms with Crippen molar-refractivity contribution in [1.29, 1.82) is 0 Å². The monoisotopic (exact) mass is 319 g/mol. The van der Waals surface area contributed by atoms with Gasteiger partial charge < -0.3 is 4.90 Å². The summed E-state index contributed by atoms with van der Waals surface area (Å²) in [7, 11) is 1.75. The number of carbonyl (C=O) groups is 1. The quantitative estimate of drug-likeness (QED) is 0.767. The van der Waals surface area contributed by atoms with Crippen molar-refractivity contribution in [3.8, 4) is 12.3 Å². The first-order valence-corrected chi connectivity index (χ1v) is 6.75. The normalized spacial score (nSPS) is 14.8. The molecule has 0 unspecified atom stereocenters. The zero-order valence-electron chi connectivity index (χ0n) is 10.6. The number of amides is 1. The molecule has 19 heavy (non-hydrogen) atoms. The number of anilines is 1. The van der Waals surface area contributed by atoms with Crippen molar-refractivity contribution >= 4 is 27.5 Å². The van der Waals surface area contributed by atoms with Gasteiger partial charge in [0.1, 0.15) is 0 Å². The van der Waals surface area contributed by atoms with Gasteiger partial charge in [-0.05, 0) is 18.2 Å². The topological polar surface area (TPSA) is 45.0 Å². The van der Waals surface area contributed by atoms with Crippen LogP contribution in [0.3, 0.4) is 0 Å². The molecule has 0 spiro atoms. The minimum atomic E-state index is -0.566. The summed E-state index contributed by atoms with van der Waals surface area (Å²) < 4.78 is 0.937. The summed E-state index contributed by atoms with van der Waals surface area (Å²) >= 11 is 3.39. The van der Waals surface area contributed by atoms with Gasteiger partial charge in [0.15, 0.2) is 0 Å². The van der Waals surface area contributed by atoms with E-state index in [0.29, 0.717) is 12.8 Å². The number of terminal acetylenes is 1. The Morgan fingerprint density at radius 1 is 1.53 bits per heavy atom. The molecule has 0 fully saturated rings. The molecular weight excluding hydrogens is 306 g/mol. The standard InChI is InChI=1S/C14H14BrN3O/c1-3-4-8-14(16-17-14)10-13(19)18(2)12-7-5-6-11(15)9-12/h1,5-7,9H,4,8,10H2,2H3. The second-order valence-electron chi connectivity index (χ2n) is 4.50. The zero-order chi connectivity index (χ0) is 13.9. The van der Waals surface area contributed by atoms with E-state index in [0.717, 1.165) is 10.2 Å². The fourth-order valence-corrected chi connectivity index (χ4v) is 2.18. The van der Waals surface area contributed by atoms with Crippen molar-refractivity contribution in [2.24, 2.45) is 10.2 Å². The van der Waals surface area contributed by atoms with E-state index in [-0.39, 0.29) is 12.3 Å². The Morgan fingerprint density at radius 3 is 2.84 bits per heavy atom.